The lowest BCUT2D eigenvalue weighted by atomic mass is 10.00. The van der Waals surface area contributed by atoms with Crippen molar-refractivity contribution in [2.24, 2.45) is 0 Å². The molecular weight excluding hydrogens is 735 g/mol. The van der Waals surface area contributed by atoms with Crippen molar-refractivity contribution in [2.45, 2.75) is 0 Å². The van der Waals surface area contributed by atoms with Gasteiger partial charge in [0, 0.05) is 60.2 Å². The molecule has 0 aliphatic heterocycles. The molecule has 3 heterocycles. The Labute approximate surface area is 343 Å². The number of rotatable bonds is 5. The lowest BCUT2D eigenvalue weighted by molar-refractivity contribution is 0.669. The van der Waals surface area contributed by atoms with Crippen LogP contribution in [0.2, 0.25) is 0 Å². The van der Waals surface area contributed by atoms with E-state index in [9.17, 15) is 0 Å². The Kier molecular flexibility index (Phi) is 6.98. The Hall–Kier alpha value is -8.08. The van der Waals surface area contributed by atoms with Gasteiger partial charge in [0.15, 0.2) is 0 Å². The number of furan rings is 3. The molecule has 0 saturated heterocycles. The summed E-state index contributed by atoms with van der Waals surface area (Å²) in [5.74, 6) is 0. The number of fused-ring (bicyclic) bond motifs is 13. The first kappa shape index (κ1) is 32.9. The van der Waals surface area contributed by atoms with E-state index in [1.165, 1.54) is 10.8 Å². The molecule has 0 aliphatic rings. The van der Waals surface area contributed by atoms with Gasteiger partial charge in [-0.3, -0.25) is 0 Å². The monoisotopic (exact) mass is 767 g/mol. The van der Waals surface area contributed by atoms with Crippen LogP contribution in [0.25, 0.3) is 110 Å². The fourth-order valence-electron chi connectivity index (χ4n) is 9.46. The van der Waals surface area contributed by atoms with Gasteiger partial charge >= 0.3 is 0 Å². The highest BCUT2D eigenvalue weighted by atomic mass is 16.3. The molecule has 280 valence electrons. The predicted molar refractivity (Wildman–Crippen MR) is 249 cm³/mol. The molecule has 13 rings (SSSR count). The van der Waals surface area contributed by atoms with Crippen LogP contribution in [0.4, 0.5) is 17.1 Å². The molecule has 13 aromatic rings. The molecule has 10 aromatic carbocycles. The van der Waals surface area contributed by atoms with Crippen molar-refractivity contribution in [2.75, 3.05) is 4.90 Å². The first-order valence-corrected chi connectivity index (χ1v) is 20.3. The maximum atomic E-state index is 6.73. The molecule has 60 heavy (non-hydrogen) atoms. The fourth-order valence-corrected chi connectivity index (χ4v) is 9.46. The number of para-hydroxylation sites is 3. The number of nitrogens with zero attached hydrogens (tertiary/aromatic N) is 1. The maximum Gasteiger partial charge on any atom is 0.143 e. The Morgan fingerprint density at radius 1 is 0.283 bits per heavy atom. The van der Waals surface area contributed by atoms with E-state index in [0.29, 0.717) is 0 Å². The number of hydrogen-bond acceptors (Lipinski definition) is 4. The van der Waals surface area contributed by atoms with Gasteiger partial charge < -0.3 is 18.2 Å². The summed E-state index contributed by atoms with van der Waals surface area (Å²) < 4.78 is 19.9. The third-order valence-corrected chi connectivity index (χ3v) is 12.3. The molecule has 0 bridgehead atoms. The fraction of sp³-hybridized carbons (Fsp3) is 0. The van der Waals surface area contributed by atoms with Gasteiger partial charge in [0.25, 0.3) is 0 Å². The lowest BCUT2D eigenvalue weighted by Crippen LogP contribution is -2.10. The summed E-state index contributed by atoms with van der Waals surface area (Å²) in [6, 6.07) is 70.7. The summed E-state index contributed by atoms with van der Waals surface area (Å²) >= 11 is 0. The minimum absolute atomic E-state index is 0.847. The second kappa shape index (κ2) is 12.7. The maximum absolute atomic E-state index is 6.73. The lowest BCUT2D eigenvalue weighted by Gasteiger charge is -2.26. The van der Waals surface area contributed by atoms with Crippen LogP contribution in [0.15, 0.2) is 213 Å². The first-order chi connectivity index (χ1) is 29.7. The SMILES string of the molecule is c1ccc2c(c1)ccc1c3cccc(-c4ccc(N(c5ccc(-c6cccc7c6oc6c8ccccc8ccc76)cc5)c5cccc6oc7ccccc7c56)cc4)c3oc21. The van der Waals surface area contributed by atoms with Crippen LogP contribution < -0.4 is 4.90 Å². The van der Waals surface area contributed by atoms with E-state index in [0.717, 1.165) is 116 Å². The molecule has 0 radical (unpaired) electrons. The molecule has 0 spiro atoms. The van der Waals surface area contributed by atoms with Crippen molar-refractivity contribution in [3.8, 4) is 22.3 Å². The van der Waals surface area contributed by atoms with E-state index in [4.69, 9.17) is 13.3 Å². The van der Waals surface area contributed by atoms with Gasteiger partial charge in [-0.05, 0) is 76.5 Å². The first-order valence-electron chi connectivity index (χ1n) is 20.3. The van der Waals surface area contributed by atoms with E-state index in [1.54, 1.807) is 0 Å². The minimum Gasteiger partial charge on any atom is -0.456 e. The van der Waals surface area contributed by atoms with Crippen LogP contribution >= 0.6 is 0 Å². The van der Waals surface area contributed by atoms with Gasteiger partial charge in [0.1, 0.15) is 33.5 Å². The van der Waals surface area contributed by atoms with Crippen molar-refractivity contribution < 1.29 is 13.3 Å². The van der Waals surface area contributed by atoms with Gasteiger partial charge in [-0.15, -0.1) is 0 Å². The van der Waals surface area contributed by atoms with Crippen molar-refractivity contribution in [1.29, 1.82) is 0 Å². The molecule has 0 N–H and O–H groups in total. The zero-order chi connectivity index (χ0) is 39.3. The largest absolute Gasteiger partial charge is 0.456 e. The molecule has 0 aliphatic carbocycles. The van der Waals surface area contributed by atoms with E-state index < -0.39 is 0 Å². The van der Waals surface area contributed by atoms with Crippen molar-refractivity contribution in [1.82, 2.24) is 0 Å². The summed E-state index contributed by atoms with van der Waals surface area (Å²) in [7, 11) is 0. The Balaban J connectivity index is 0.955. The smallest absolute Gasteiger partial charge is 0.143 e. The normalized spacial score (nSPS) is 12.0. The average molecular weight is 768 g/mol. The molecule has 0 unspecified atom stereocenters. The Morgan fingerprint density at radius 2 is 0.733 bits per heavy atom. The van der Waals surface area contributed by atoms with Crippen LogP contribution in [0.3, 0.4) is 0 Å². The molecular formula is C56H33NO3. The zero-order valence-corrected chi connectivity index (χ0v) is 32.2. The zero-order valence-electron chi connectivity index (χ0n) is 32.2. The van der Waals surface area contributed by atoms with Crippen LogP contribution in [0, 0.1) is 0 Å². The van der Waals surface area contributed by atoms with Gasteiger partial charge in [0.2, 0.25) is 0 Å². The van der Waals surface area contributed by atoms with Crippen LogP contribution in [0.1, 0.15) is 0 Å². The Bertz CT molecular complexity index is 3630. The van der Waals surface area contributed by atoms with Crippen molar-refractivity contribution in [3.05, 3.63) is 200 Å². The van der Waals surface area contributed by atoms with Crippen LogP contribution in [0.5, 0.6) is 0 Å². The van der Waals surface area contributed by atoms with Gasteiger partial charge in [-0.25, -0.2) is 0 Å². The third-order valence-electron chi connectivity index (χ3n) is 12.3. The molecule has 3 aromatic heterocycles. The molecule has 4 nitrogen and oxygen atoms in total. The highest BCUT2D eigenvalue weighted by molar-refractivity contribution is 6.19. The van der Waals surface area contributed by atoms with Gasteiger partial charge in [-0.2, -0.15) is 0 Å². The molecule has 0 fully saturated rings. The van der Waals surface area contributed by atoms with Crippen LogP contribution in [-0.2, 0) is 0 Å². The highest BCUT2D eigenvalue weighted by Crippen LogP contribution is 2.45. The summed E-state index contributed by atoms with van der Waals surface area (Å²) in [6.45, 7) is 0. The second-order valence-corrected chi connectivity index (χ2v) is 15.6. The number of benzene rings is 10. The number of anilines is 3. The van der Waals surface area contributed by atoms with E-state index in [1.807, 2.05) is 12.1 Å². The molecule has 4 heteroatoms. The van der Waals surface area contributed by atoms with Crippen molar-refractivity contribution in [3.63, 3.8) is 0 Å². The summed E-state index contributed by atoms with van der Waals surface area (Å²) in [5.41, 5.74) is 12.7. The minimum atomic E-state index is 0.847. The van der Waals surface area contributed by atoms with Crippen molar-refractivity contribution >= 4 is 104 Å². The Morgan fingerprint density at radius 3 is 1.30 bits per heavy atom. The summed E-state index contributed by atoms with van der Waals surface area (Å²) in [4.78, 5) is 2.33. The van der Waals surface area contributed by atoms with E-state index >= 15 is 0 Å². The molecule has 0 amide bonds. The van der Waals surface area contributed by atoms with Gasteiger partial charge in [0.05, 0.1) is 11.1 Å². The number of hydrogen-bond donors (Lipinski definition) is 0. The van der Waals surface area contributed by atoms with Crippen LogP contribution in [-0.4, -0.2) is 0 Å². The second-order valence-electron chi connectivity index (χ2n) is 15.6. The quantitative estimate of drug-likeness (QED) is 0.175. The molecule has 0 atom stereocenters. The third kappa shape index (κ3) is 4.85. The standard InChI is InChI=1S/C56H33NO3/c1-3-12-40-34(10-1)26-32-46-44-17-7-15-42(53(44)59-55(40)46)36-22-28-38(29-23-36)57(49-19-9-21-51-52(49)48-14-5-6-20-50(48)58-51)39-30-24-37(25-31-39)43-16-8-18-45-47-33-27-35-11-2-4-13-41(35)56(47)60-54(43)45/h1-33H. The topological polar surface area (TPSA) is 42.7 Å². The summed E-state index contributed by atoms with van der Waals surface area (Å²) in [5, 5.41) is 11.2. The average Bonchev–Trinajstić information content (AvgIpc) is 4.02. The van der Waals surface area contributed by atoms with E-state index in [-0.39, 0.29) is 0 Å². The molecule has 0 saturated carbocycles. The highest BCUT2D eigenvalue weighted by Gasteiger charge is 2.21. The summed E-state index contributed by atoms with van der Waals surface area (Å²) in [6.07, 6.45) is 0. The van der Waals surface area contributed by atoms with E-state index in [2.05, 4.69) is 193 Å². The van der Waals surface area contributed by atoms with Gasteiger partial charge in [-0.1, -0.05) is 146 Å². The predicted octanol–water partition coefficient (Wildman–Crippen LogP) is 16.5.